The van der Waals surface area contributed by atoms with Gasteiger partial charge in [-0.2, -0.15) is 4.98 Å². The molecule has 1 aliphatic heterocycles. The second-order valence-corrected chi connectivity index (χ2v) is 9.79. The molecule has 2 aliphatic carbocycles. The standard InChI is InChI=1S/C26H30N4O2/c1-18-9-7-10-19(17-18)24(31)29-21-12-4-3-11-20(21)26(14-5-2-6-15-26)30-25(29)27-23(28-30)22-13-8-16-32-22/h7-10,13,16-17,20-21H,2-6,11-12,14-15H2,1H3/t20-,21+/m1/s1. The van der Waals surface area contributed by atoms with E-state index in [9.17, 15) is 4.79 Å². The molecule has 2 fully saturated rings. The van der Waals surface area contributed by atoms with Crippen LogP contribution in [-0.4, -0.2) is 26.7 Å². The Kier molecular flexibility index (Phi) is 4.70. The molecular weight excluding hydrogens is 400 g/mol. The van der Waals surface area contributed by atoms with Crippen LogP contribution in [0.3, 0.4) is 0 Å². The van der Waals surface area contributed by atoms with E-state index in [0.29, 0.717) is 23.5 Å². The number of hydrogen-bond acceptors (Lipinski definition) is 4. The number of hydrogen-bond donors (Lipinski definition) is 0. The zero-order valence-electron chi connectivity index (χ0n) is 18.7. The fraction of sp³-hybridized carbons (Fsp3) is 0.500. The summed E-state index contributed by atoms with van der Waals surface area (Å²) in [5, 5.41) is 5.02. The highest BCUT2D eigenvalue weighted by Gasteiger charge is 2.55. The molecule has 6 rings (SSSR count). The summed E-state index contributed by atoms with van der Waals surface area (Å²) in [5.41, 5.74) is 1.78. The lowest BCUT2D eigenvalue weighted by Crippen LogP contribution is -2.61. The first-order valence-electron chi connectivity index (χ1n) is 12.1. The molecule has 6 nitrogen and oxygen atoms in total. The molecule has 0 N–H and O–H groups in total. The number of carbonyl (C=O) groups is 1. The van der Waals surface area contributed by atoms with Gasteiger partial charge >= 0.3 is 0 Å². The first-order valence-corrected chi connectivity index (χ1v) is 12.1. The molecule has 2 aromatic heterocycles. The van der Waals surface area contributed by atoms with Gasteiger partial charge in [0.25, 0.3) is 5.91 Å². The highest BCUT2D eigenvalue weighted by molar-refractivity contribution is 6.06. The predicted molar refractivity (Wildman–Crippen MR) is 123 cm³/mol. The van der Waals surface area contributed by atoms with Crippen LogP contribution in [0, 0.1) is 12.8 Å². The third kappa shape index (κ3) is 2.95. The fourth-order valence-corrected chi connectivity index (χ4v) is 6.53. The van der Waals surface area contributed by atoms with Crippen molar-refractivity contribution in [3.63, 3.8) is 0 Å². The summed E-state index contributed by atoms with van der Waals surface area (Å²) in [5.74, 6) is 2.40. The minimum absolute atomic E-state index is 0.0379. The number of nitrogens with zero attached hydrogens (tertiary/aromatic N) is 4. The third-order valence-corrected chi connectivity index (χ3v) is 7.92. The van der Waals surface area contributed by atoms with Crippen LogP contribution in [0.5, 0.6) is 0 Å². The van der Waals surface area contributed by atoms with E-state index in [-0.39, 0.29) is 17.5 Å². The number of anilines is 1. The smallest absolute Gasteiger partial charge is 0.260 e. The molecule has 3 aliphatic rings. The molecule has 1 spiro atoms. The molecule has 0 bridgehead atoms. The minimum Gasteiger partial charge on any atom is -0.461 e. The van der Waals surface area contributed by atoms with Crippen molar-refractivity contribution < 1.29 is 9.21 Å². The van der Waals surface area contributed by atoms with Gasteiger partial charge in [0.1, 0.15) is 0 Å². The Morgan fingerprint density at radius 3 is 2.69 bits per heavy atom. The molecule has 1 aromatic carbocycles. The van der Waals surface area contributed by atoms with Crippen molar-refractivity contribution >= 4 is 11.9 Å². The molecule has 166 valence electrons. The minimum atomic E-state index is -0.0418. The quantitative estimate of drug-likeness (QED) is 0.521. The Morgan fingerprint density at radius 2 is 1.91 bits per heavy atom. The zero-order valence-corrected chi connectivity index (χ0v) is 18.7. The normalized spacial score (nSPS) is 24.2. The summed E-state index contributed by atoms with van der Waals surface area (Å²) in [4.78, 5) is 20.9. The number of amides is 1. The molecule has 0 radical (unpaired) electrons. The molecule has 6 heteroatoms. The van der Waals surface area contributed by atoms with E-state index in [0.717, 1.165) is 43.2 Å². The lowest BCUT2D eigenvalue weighted by atomic mass is 9.64. The number of furan rings is 1. The molecule has 3 aromatic rings. The van der Waals surface area contributed by atoms with Crippen LogP contribution in [0.2, 0.25) is 0 Å². The van der Waals surface area contributed by atoms with Crippen LogP contribution >= 0.6 is 0 Å². The molecule has 3 heterocycles. The van der Waals surface area contributed by atoms with Gasteiger partial charge in [-0.1, -0.05) is 49.8 Å². The molecule has 0 saturated heterocycles. The first-order chi connectivity index (χ1) is 15.7. The third-order valence-electron chi connectivity index (χ3n) is 7.92. The number of carbonyl (C=O) groups excluding carboxylic acids is 1. The summed E-state index contributed by atoms with van der Waals surface area (Å²) in [6.07, 6.45) is 12.2. The topological polar surface area (TPSA) is 64.2 Å². The maximum Gasteiger partial charge on any atom is 0.260 e. The van der Waals surface area contributed by atoms with Crippen LogP contribution in [0.15, 0.2) is 47.1 Å². The van der Waals surface area contributed by atoms with E-state index >= 15 is 0 Å². The molecule has 32 heavy (non-hydrogen) atoms. The van der Waals surface area contributed by atoms with Gasteiger partial charge in [-0.05, 0) is 56.9 Å². The van der Waals surface area contributed by atoms with E-state index in [1.54, 1.807) is 6.26 Å². The maximum absolute atomic E-state index is 14.0. The van der Waals surface area contributed by atoms with Gasteiger partial charge in [0, 0.05) is 17.5 Å². The summed E-state index contributed by atoms with van der Waals surface area (Å²) in [7, 11) is 0. The SMILES string of the molecule is Cc1cccc(C(=O)N2c3nc(-c4ccco4)nn3C3(CCCCC3)[C@@H]3CCCC[C@@H]32)c1. The molecule has 2 saturated carbocycles. The van der Waals surface area contributed by atoms with Gasteiger partial charge in [-0.25, -0.2) is 4.68 Å². The van der Waals surface area contributed by atoms with Crippen LogP contribution in [-0.2, 0) is 5.54 Å². The summed E-state index contributed by atoms with van der Waals surface area (Å²) < 4.78 is 7.79. The number of rotatable bonds is 2. The highest BCUT2D eigenvalue weighted by atomic mass is 16.3. The van der Waals surface area contributed by atoms with Gasteiger partial charge < -0.3 is 4.42 Å². The Hall–Kier alpha value is -2.89. The molecular formula is C26H30N4O2. The zero-order chi connectivity index (χ0) is 21.7. The Labute approximate surface area is 188 Å². The Balaban J connectivity index is 1.54. The van der Waals surface area contributed by atoms with Gasteiger partial charge in [0.2, 0.25) is 11.8 Å². The second-order valence-electron chi connectivity index (χ2n) is 9.79. The maximum atomic E-state index is 14.0. The fourth-order valence-electron chi connectivity index (χ4n) is 6.53. The van der Waals surface area contributed by atoms with Crippen molar-refractivity contribution in [2.45, 2.75) is 76.3 Å². The van der Waals surface area contributed by atoms with E-state index < -0.39 is 0 Å². The monoisotopic (exact) mass is 430 g/mol. The Morgan fingerprint density at radius 1 is 1.06 bits per heavy atom. The number of fused-ring (bicyclic) bond motifs is 4. The number of aromatic nitrogens is 3. The van der Waals surface area contributed by atoms with Crippen molar-refractivity contribution in [1.29, 1.82) is 0 Å². The van der Waals surface area contributed by atoms with Crippen molar-refractivity contribution in [3.8, 4) is 11.6 Å². The van der Waals surface area contributed by atoms with Gasteiger partial charge in [0.05, 0.1) is 11.8 Å². The van der Waals surface area contributed by atoms with Crippen LogP contribution in [0.25, 0.3) is 11.6 Å². The lowest BCUT2D eigenvalue weighted by Gasteiger charge is -2.55. The molecule has 1 amide bonds. The second kappa shape index (κ2) is 7.61. The van der Waals surface area contributed by atoms with Gasteiger partial charge in [-0.3, -0.25) is 9.69 Å². The largest absolute Gasteiger partial charge is 0.461 e. The van der Waals surface area contributed by atoms with E-state index in [1.165, 1.54) is 25.7 Å². The Bertz CT molecular complexity index is 1130. The van der Waals surface area contributed by atoms with E-state index in [1.807, 2.05) is 48.2 Å². The van der Waals surface area contributed by atoms with Crippen molar-refractivity contribution in [1.82, 2.24) is 14.8 Å². The summed E-state index contributed by atoms with van der Waals surface area (Å²) in [6, 6.07) is 11.8. The summed E-state index contributed by atoms with van der Waals surface area (Å²) in [6.45, 7) is 2.03. The highest BCUT2D eigenvalue weighted by Crippen LogP contribution is 2.53. The van der Waals surface area contributed by atoms with E-state index in [2.05, 4.69) is 4.68 Å². The predicted octanol–water partition coefficient (Wildman–Crippen LogP) is 5.73. The van der Waals surface area contributed by atoms with E-state index in [4.69, 9.17) is 14.5 Å². The van der Waals surface area contributed by atoms with Crippen molar-refractivity contribution in [2.24, 2.45) is 5.92 Å². The average Bonchev–Trinajstić information content (AvgIpc) is 3.51. The molecule has 2 atom stereocenters. The van der Waals surface area contributed by atoms with Crippen LogP contribution in [0.4, 0.5) is 5.95 Å². The first kappa shape index (κ1) is 19.8. The number of benzene rings is 1. The van der Waals surface area contributed by atoms with Gasteiger partial charge in [0.15, 0.2) is 5.76 Å². The van der Waals surface area contributed by atoms with Crippen LogP contribution in [0.1, 0.15) is 73.7 Å². The van der Waals surface area contributed by atoms with Crippen molar-refractivity contribution in [2.75, 3.05) is 4.90 Å². The van der Waals surface area contributed by atoms with Gasteiger partial charge in [-0.15, -0.1) is 5.10 Å². The van der Waals surface area contributed by atoms with Crippen molar-refractivity contribution in [3.05, 3.63) is 53.8 Å². The lowest BCUT2D eigenvalue weighted by molar-refractivity contribution is 0.0314. The number of aryl methyl sites for hydroxylation is 1. The average molecular weight is 431 g/mol. The van der Waals surface area contributed by atoms with Crippen LogP contribution < -0.4 is 4.90 Å². The summed E-state index contributed by atoms with van der Waals surface area (Å²) >= 11 is 0. The molecule has 0 unspecified atom stereocenters.